The largest absolute Gasteiger partial charge is 0.369 e. The molecule has 0 aliphatic carbocycles. The third-order valence-corrected chi connectivity index (χ3v) is 3.42. The molecule has 5 nitrogen and oxygen atoms in total. The van der Waals surface area contributed by atoms with E-state index < -0.39 is 11.3 Å². The van der Waals surface area contributed by atoms with Crippen LogP contribution in [0.2, 0.25) is 5.02 Å². The third kappa shape index (κ3) is 4.42. The molecule has 1 rings (SSSR count). The van der Waals surface area contributed by atoms with Gasteiger partial charge in [-0.15, -0.1) is 0 Å². The van der Waals surface area contributed by atoms with Crippen molar-refractivity contribution in [1.82, 2.24) is 10.6 Å². The Hall–Kier alpha value is -1.75. The van der Waals surface area contributed by atoms with Crippen molar-refractivity contribution in [1.29, 1.82) is 0 Å². The van der Waals surface area contributed by atoms with Crippen LogP contribution < -0.4 is 16.4 Å². The molecule has 0 radical (unpaired) electrons. The zero-order chi connectivity index (χ0) is 15.3. The second-order valence-electron chi connectivity index (χ2n) is 5.32. The van der Waals surface area contributed by atoms with Crippen molar-refractivity contribution in [3.63, 3.8) is 0 Å². The summed E-state index contributed by atoms with van der Waals surface area (Å²) in [7, 11) is 0. The molecule has 0 bridgehead atoms. The van der Waals surface area contributed by atoms with E-state index in [0.717, 1.165) is 5.56 Å². The maximum Gasteiger partial charge on any atom is 0.315 e. The van der Waals surface area contributed by atoms with E-state index in [0.29, 0.717) is 5.02 Å². The Balaban J connectivity index is 2.55. The van der Waals surface area contributed by atoms with E-state index in [2.05, 4.69) is 10.6 Å². The van der Waals surface area contributed by atoms with Gasteiger partial charge in [0, 0.05) is 11.6 Å². The Labute approximate surface area is 123 Å². The molecular weight excluding hydrogens is 278 g/mol. The summed E-state index contributed by atoms with van der Waals surface area (Å²) in [5, 5.41) is 5.99. The van der Waals surface area contributed by atoms with Crippen molar-refractivity contribution in [2.45, 2.75) is 26.8 Å². The highest BCUT2D eigenvalue weighted by molar-refractivity contribution is 6.31. The van der Waals surface area contributed by atoms with Crippen LogP contribution in [0, 0.1) is 5.41 Å². The fourth-order valence-electron chi connectivity index (χ4n) is 1.54. The van der Waals surface area contributed by atoms with Crippen molar-refractivity contribution in [2.75, 3.05) is 6.54 Å². The number of carbonyl (C=O) groups is 2. The van der Waals surface area contributed by atoms with Gasteiger partial charge in [0.2, 0.25) is 5.91 Å². The maximum absolute atomic E-state index is 11.8. The molecule has 3 amide bonds. The van der Waals surface area contributed by atoms with Gasteiger partial charge in [-0.25, -0.2) is 4.79 Å². The minimum atomic E-state index is -0.787. The number of benzene rings is 1. The fraction of sp³-hybridized carbons (Fsp3) is 0.429. The molecule has 4 N–H and O–H groups in total. The Morgan fingerprint density at radius 3 is 2.50 bits per heavy atom. The van der Waals surface area contributed by atoms with E-state index in [1.165, 1.54) is 0 Å². The summed E-state index contributed by atoms with van der Waals surface area (Å²) in [4.78, 5) is 22.9. The molecule has 0 aliphatic heterocycles. The molecule has 0 heterocycles. The average molecular weight is 298 g/mol. The van der Waals surface area contributed by atoms with Crippen molar-refractivity contribution >= 4 is 23.5 Å². The molecule has 20 heavy (non-hydrogen) atoms. The normalized spacial score (nSPS) is 12.6. The highest BCUT2D eigenvalue weighted by Gasteiger charge is 2.25. The van der Waals surface area contributed by atoms with E-state index in [4.69, 9.17) is 17.3 Å². The average Bonchev–Trinajstić information content (AvgIpc) is 2.36. The molecule has 0 aliphatic rings. The SMILES string of the molecule is CC(NC(=O)NCC(C)(C)C(N)=O)c1ccccc1Cl. The molecular formula is C14H20ClN3O2. The molecule has 0 spiro atoms. The quantitative estimate of drug-likeness (QED) is 0.778. The van der Waals surface area contributed by atoms with Crippen LogP contribution >= 0.6 is 11.6 Å². The van der Waals surface area contributed by atoms with Crippen LogP contribution in [0.5, 0.6) is 0 Å². The van der Waals surface area contributed by atoms with Gasteiger partial charge in [-0.2, -0.15) is 0 Å². The van der Waals surface area contributed by atoms with Crippen LogP contribution in [0.25, 0.3) is 0 Å². The predicted octanol–water partition coefficient (Wildman–Crippen LogP) is 2.21. The highest BCUT2D eigenvalue weighted by Crippen LogP contribution is 2.22. The van der Waals surface area contributed by atoms with Gasteiger partial charge in [-0.1, -0.05) is 29.8 Å². The first-order valence-electron chi connectivity index (χ1n) is 6.33. The van der Waals surface area contributed by atoms with Crippen molar-refractivity contribution in [3.8, 4) is 0 Å². The molecule has 0 fully saturated rings. The number of carbonyl (C=O) groups excluding carboxylic acids is 2. The van der Waals surface area contributed by atoms with Gasteiger partial charge in [0.05, 0.1) is 11.5 Å². The van der Waals surface area contributed by atoms with Gasteiger partial charge in [-0.3, -0.25) is 4.79 Å². The number of hydrogen-bond donors (Lipinski definition) is 3. The van der Waals surface area contributed by atoms with E-state index in [1.807, 2.05) is 25.1 Å². The lowest BCUT2D eigenvalue weighted by atomic mass is 9.93. The topological polar surface area (TPSA) is 84.2 Å². The van der Waals surface area contributed by atoms with Crippen molar-refractivity contribution < 1.29 is 9.59 Å². The summed E-state index contributed by atoms with van der Waals surface area (Å²) < 4.78 is 0. The molecule has 0 aromatic heterocycles. The molecule has 1 unspecified atom stereocenters. The number of primary amides is 1. The molecule has 1 aromatic rings. The first-order chi connectivity index (χ1) is 9.24. The zero-order valence-corrected chi connectivity index (χ0v) is 12.6. The third-order valence-electron chi connectivity index (χ3n) is 3.08. The number of nitrogens with one attached hydrogen (secondary N) is 2. The number of urea groups is 1. The van der Waals surface area contributed by atoms with Crippen molar-refractivity contribution in [3.05, 3.63) is 34.9 Å². The lowest BCUT2D eigenvalue weighted by molar-refractivity contribution is -0.125. The minimum absolute atomic E-state index is 0.170. The van der Waals surface area contributed by atoms with Gasteiger partial charge in [0.25, 0.3) is 0 Å². The fourth-order valence-corrected chi connectivity index (χ4v) is 1.84. The van der Waals surface area contributed by atoms with Crippen LogP contribution in [0.4, 0.5) is 4.79 Å². The van der Waals surface area contributed by atoms with Gasteiger partial charge in [-0.05, 0) is 32.4 Å². The van der Waals surface area contributed by atoms with Crippen LogP contribution in [0.1, 0.15) is 32.4 Å². The van der Waals surface area contributed by atoms with Crippen LogP contribution in [0.15, 0.2) is 24.3 Å². The number of nitrogens with two attached hydrogens (primary N) is 1. The van der Waals surface area contributed by atoms with E-state index in [9.17, 15) is 9.59 Å². The molecule has 1 aromatic carbocycles. The first-order valence-corrected chi connectivity index (χ1v) is 6.70. The predicted molar refractivity (Wildman–Crippen MR) is 79.4 cm³/mol. The summed E-state index contributed by atoms with van der Waals surface area (Å²) in [6, 6.07) is 6.69. The minimum Gasteiger partial charge on any atom is -0.369 e. The highest BCUT2D eigenvalue weighted by atomic mass is 35.5. The molecule has 110 valence electrons. The Morgan fingerprint density at radius 1 is 1.35 bits per heavy atom. The van der Waals surface area contributed by atoms with Crippen LogP contribution in [-0.4, -0.2) is 18.5 Å². The van der Waals surface area contributed by atoms with Gasteiger partial charge < -0.3 is 16.4 Å². The van der Waals surface area contributed by atoms with E-state index in [1.54, 1.807) is 19.9 Å². The molecule has 6 heteroatoms. The standard InChI is InChI=1S/C14H20ClN3O2/c1-9(10-6-4-5-7-11(10)15)18-13(20)17-8-14(2,3)12(16)19/h4-7,9H,8H2,1-3H3,(H2,16,19)(H2,17,18,20). The monoisotopic (exact) mass is 297 g/mol. The van der Waals surface area contributed by atoms with Crippen LogP contribution in [-0.2, 0) is 4.79 Å². The van der Waals surface area contributed by atoms with E-state index in [-0.39, 0.29) is 18.6 Å². The second kappa shape index (κ2) is 6.61. The molecule has 0 saturated carbocycles. The second-order valence-corrected chi connectivity index (χ2v) is 5.73. The summed E-state index contributed by atoms with van der Waals surface area (Å²) in [6.07, 6.45) is 0. The maximum atomic E-state index is 11.8. The number of rotatable bonds is 5. The summed E-state index contributed by atoms with van der Waals surface area (Å²) in [5.41, 5.74) is 5.29. The van der Waals surface area contributed by atoms with Crippen molar-refractivity contribution in [2.24, 2.45) is 11.1 Å². The van der Waals surface area contributed by atoms with Gasteiger partial charge in [0.1, 0.15) is 0 Å². The Bertz CT molecular complexity index is 503. The van der Waals surface area contributed by atoms with E-state index >= 15 is 0 Å². The molecule has 1 atom stereocenters. The smallest absolute Gasteiger partial charge is 0.315 e. The molecule has 0 saturated heterocycles. The Morgan fingerprint density at radius 2 is 1.95 bits per heavy atom. The number of amides is 3. The summed E-state index contributed by atoms with van der Waals surface area (Å²) in [5.74, 6) is -0.461. The van der Waals surface area contributed by atoms with Crippen LogP contribution in [0.3, 0.4) is 0 Å². The lowest BCUT2D eigenvalue weighted by Crippen LogP contribution is -2.46. The zero-order valence-electron chi connectivity index (χ0n) is 11.9. The first kappa shape index (κ1) is 16.3. The summed E-state index contributed by atoms with van der Waals surface area (Å²) >= 11 is 6.06. The van der Waals surface area contributed by atoms with Gasteiger partial charge >= 0.3 is 6.03 Å². The Kier molecular flexibility index (Phi) is 5.39. The number of halogens is 1. The van der Waals surface area contributed by atoms with Gasteiger partial charge in [0.15, 0.2) is 0 Å². The summed E-state index contributed by atoms with van der Waals surface area (Å²) in [6.45, 7) is 5.35. The lowest BCUT2D eigenvalue weighted by Gasteiger charge is -2.22. The number of hydrogen-bond acceptors (Lipinski definition) is 2.